The number of nitrogens with zero attached hydrogens (tertiary/aromatic N) is 2. The number of para-hydroxylation sites is 1. The van der Waals surface area contributed by atoms with Crippen molar-refractivity contribution in [3.63, 3.8) is 0 Å². The van der Waals surface area contributed by atoms with Crippen LogP contribution < -0.4 is 10.5 Å². The highest BCUT2D eigenvalue weighted by atomic mass is 16.5. The maximum atomic E-state index is 5.73. The summed E-state index contributed by atoms with van der Waals surface area (Å²) in [5.74, 6) is 1.22. The highest BCUT2D eigenvalue weighted by Crippen LogP contribution is 2.28. The van der Waals surface area contributed by atoms with E-state index in [4.69, 9.17) is 10.5 Å². The van der Waals surface area contributed by atoms with Gasteiger partial charge < -0.3 is 10.5 Å². The molecular weight excluding hydrogens is 214 g/mol. The Morgan fingerprint density at radius 3 is 2.47 bits per heavy atom. The Morgan fingerprint density at radius 1 is 1.06 bits per heavy atom. The van der Waals surface area contributed by atoms with Crippen LogP contribution in [-0.4, -0.2) is 16.3 Å². The van der Waals surface area contributed by atoms with E-state index in [0.29, 0.717) is 5.82 Å². The normalized spacial score (nSPS) is 10.5. The van der Waals surface area contributed by atoms with Gasteiger partial charge in [-0.25, -0.2) is 0 Å². The van der Waals surface area contributed by atoms with Gasteiger partial charge in [0.05, 0.1) is 11.8 Å². The molecule has 4 nitrogen and oxygen atoms in total. The molecule has 0 bridgehead atoms. The van der Waals surface area contributed by atoms with Gasteiger partial charge in [0.15, 0.2) is 0 Å². The monoisotopic (exact) mass is 229 g/mol. The van der Waals surface area contributed by atoms with Crippen LogP contribution >= 0.6 is 0 Å². The lowest BCUT2D eigenvalue weighted by atomic mass is 10.1. The molecular formula is C13H15N3O. The van der Waals surface area contributed by atoms with Gasteiger partial charge >= 0.3 is 0 Å². The van der Waals surface area contributed by atoms with E-state index < -0.39 is 0 Å². The standard InChI is InChI=1S/C13H15N3O/c1-9(2)17-12-6-4-3-5-10(12)11-7-8-13(14)16-15-11/h3-9H,1-2H3,(H2,14,16). The first-order valence-electron chi connectivity index (χ1n) is 5.52. The van der Waals surface area contributed by atoms with Crippen molar-refractivity contribution in [1.29, 1.82) is 0 Å². The minimum Gasteiger partial charge on any atom is -0.490 e. The van der Waals surface area contributed by atoms with Crippen LogP contribution in [0.2, 0.25) is 0 Å². The van der Waals surface area contributed by atoms with Crippen LogP contribution in [0.25, 0.3) is 11.3 Å². The molecule has 2 rings (SSSR count). The van der Waals surface area contributed by atoms with Crippen molar-refractivity contribution >= 4 is 5.82 Å². The van der Waals surface area contributed by atoms with Gasteiger partial charge in [-0.05, 0) is 38.1 Å². The lowest BCUT2D eigenvalue weighted by Gasteiger charge is -2.13. The summed E-state index contributed by atoms with van der Waals surface area (Å²) in [5.41, 5.74) is 7.20. The predicted octanol–water partition coefficient (Wildman–Crippen LogP) is 2.51. The van der Waals surface area contributed by atoms with Gasteiger partial charge in [0, 0.05) is 5.56 Å². The number of ether oxygens (including phenoxy) is 1. The van der Waals surface area contributed by atoms with E-state index in [1.807, 2.05) is 44.2 Å². The van der Waals surface area contributed by atoms with E-state index in [-0.39, 0.29) is 6.10 Å². The summed E-state index contributed by atoms with van der Waals surface area (Å²) >= 11 is 0. The predicted molar refractivity (Wildman–Crippen MR) is 67.6 cm³/mol. The van der Waals surface area contributed by atoms with Gasteiger partial charge in [-0.3, -0.25) is 0 Å². The molecule has 0 fully saturated rings. The van der Waals surface area contributed by atoms with Crippen LogP contribution in [0.3, 0.4) is 0 Å². The maximum absolute atomic E-state index is 5.73. The Kier molecular flexibility index (Phi) is 3.23. The number of anilines is 1. The van der Waals surface area contributed by atoms with Crippen LogP contribution in [0.4, 0.5) is 5.82 Å². The van der Waals surface area contributed by atoms with Crippen molar-refractivity contribution in [3.8, 4) is 17.0 Å². The fourth-order valence-electron chi connectivity index (χ4n) is 1.52. The summed E-state index contributed by atoms with van der Waals surface area (Å²) in [4.78, 5) is 0. The number of benzene rings is 1. The first-order valence-corrected chi connectivity index (χ1v) is 5.52. The molecule has 2 N–H and O–H groups in total. The van der Waals surface area contributed by atoms with Crippen LogP contribution in [0.15, 0.2) is 36.4 Å². The molecule has 0 atom stereocenters. The van der Waals surface area contributed by atoms with Gasteiger partial charge in [0.25, 0.3) is 0 Å². The van der Waals surface area contributed by atoms with Crippen molar-refractivity contribution in [2.45, 2.75) is 20.0 Å². The molecule has 17 heavy (non-hydrogen) atoms. The van der Waals surface area contributed by atoms with Crippen molar-refractivity contribution < 1.29 is 4.74 Å². The molecule has 0 aliphatic rings. The van der Waals surface area contributed by atoms with E-state index >= 15 is 0 Å². The molecule has 0 unspecified atom stereocenters. The zero-order valence-electron chi connectivity index (χ0n) is 9.92. The van der Waals surface area contributed by atoms with Gasteiger partial charge in [-0.2, -0.15) is 0 Å². The van der Waals surface area contributed by atoms with E-state index in [2.05, 4.69) is 10.2 Å². The average molecular weight is 229 g/mol. The summed E-state index contributed by atoms with van der Waals surface area (Å²) in [6, 6.07) is 11.3. The summed E-state index contributed by atoms with van der Waals surface area (Å²) in [7, 11) is 0. The topological polar surface area (TPSA) is 61.0 Å². The molecule has 0 saturated carbocycles. The number of aromatic nitrogens is 2. The Labute approximate surface area is 100 Å². The fraction of sp³-hybridized carbons (Fsp3) is 0.231. The zero-order valence-corrected chi connectivity index (χ0v) is 9.92. The second kappa shape index (κ2) is 4.82. The van der Waals surface area contributed by atoms with Crippen molar-refractivity contribution in [1.82, 2.24) is 10.2 Å². The van der Waals surface area contributed by atoms with Crippen molar-refractivity contribution in [2.24, 2.45) is 0 Å². The number of nitrogens with two attached hydrogens (primary N) is 1. The molecule has 0 amide bonds. The molecule has 4 heteroatoms. The number of nitrogen functional groups attached to an aromatic ring is 1. The fourth-order valence-corrected chi connectivity index (χ4v) is 1.52. The highest BCUT2D eigenvalue weighted by Gasteiger charge is 2.08. The smallest absolute Gasteiger partial charge is 0.146 e. The van der Waals surface area contributed by atoms with Crippen molar-refractivity contribution in [3.05, 3.63) is 36.4 Å². The van der Waals surface area contributed by atoms with E-state index in [1.165, 1.54) is 0 Å². The molecule has 88 valence electrons. The zero-order chi connectivity index (χ0) is 12.3. The second-order valence-corrected chi connectivity index (χ2v) is 4.01. The lowest BCUT2D eigenvalue weighted by molar-refractivity contribution is 0.243. The van der Waals surface area contributed by atoms with Gasteiger partial charge in [-0.15, -0.1) is 10.2 Å². The number of rotatable bonds is 3. The molecule has 0 saturated heterocycles. The largest absolute Gasteiger partial charge is 0.490 e. The first kappa shape index (κ1) is 11.4. The minimum atomic E-state index is 0.123. The van der Waals surface area contributed by atoms with Crippen LogP contribution in [0.1, 0.15) is 13.8 Å². The third-order valence-electron chi connectivity index (χ3n) is 2.21. The number of hydrogen-bond acceptors (Lipinski definition) is 4. The van der Waals surface area contributed by atoms with Gasteiger partial charge in [-0.1, -0.05) is 12.1 Å². The molecule has 1 aromatic heterocycles. The molecule has 0 spiro atoms. The summed E-state index contributed by atoms with van der Waals surface area (Å²) in [5, 5.41) is 7.91. The molecule has 1 aromatic carbocycles. The van der Waals surface area contributed by atoms with Crippen molar-refractivity contribution in [2.75, 3.05) is 5.73 Å². The summed E-state index contributed by atoms with van der Waals surface area (Å²) in [6.45, 7) is 3.98. The van der Waals surface area contributed by atoms with Crippen LogP contribution in [0.5, 0.6) is 5.75 Å². The Hall–Kier alpha value is -2.10. The average Bonchev–Trinajstić information content (AvgIpc) is 2.30. The number of hydrogen-bond donors (Lipinski definition) is 1. The summed E-state index contributed by atoms with van der Waals surface area (Å²) in [6.07, 6.45) is 0.123. The second-order valence-electron chi connectivity index (χ2n) is 4.01. The minimum absolute atomic E-state index is 0.123. The van der Waals surface area contributed by atoms with Gasteiger partial charge in [0.2, 0.25) is 0 Å². The SMILES string of the molecule is CC(C)Oc1ccccc1-c1ccc(N)nn1. The summed E-state index contributed by atoms with van der Waals surface area (Å²) < 4.78 is 5.73. The Morgan fingerprint density at radius 2 is 1.82 bits per heavy atom. The highest BCUT2D eigenvalue weighted by molar-refractivity contribution is 5.67. The maximum Gasteiger partial charge on any atom is 0.146 e. The first-order chi connectivity index (χ1) is 8.16. The van der Waals surface area contributed by atoms with Gasteiger partial charge in [0.1, 0.15) is 11.6 Å². The van der Waals surface area contributed by atoms with Crippen LogP contribution in [0, 0.1) is 0 Å². The lowest BCUT2D eigenvalue weighted by Crippen LogP contribution is -2.06. The molecule has 0 radical (unpaired) electrons. The van der Waals surface area contributed by atoms with E-state index in [0.717, 1.165) is 17.0 Å². The Bertz CT molecular complexity index is 494. The quantitative estimate of drug-likeness (QED) is 0.878. The molecule has 1 heterocycles. The Balaban J connectivity index is 2.40. The van der Waals surface area contributed by atoms with Crippen LogP contribution in [-0.2, 0) is 0 Å². The van der Waals surface area contributed by atoms with E-state index in [1.54, 1.807) is 6.07 Å². The molecule has 0 aliphatic carbocycles. The third-order valence-corrected chi connectivity index (χ3v) is 2.21. The third kappa shape index (κ3) is 2.72. The molecule has 2 aromatic rings. The molecule has 0 aliphatic heterocycles. The van der Waals surface area contributed by atoms with E-state index in [9.17, 15) is 0 Å².